The third-order valence-electron chi connectivity index (χ3n) is 5.90. The van der Waals surface area contributed by atoms with Gasteiger partial charge in [-0.3, -0.25) is 9.10 Å². The molecular weight excluding hydrogens is 516 g/mol. The van der Waals surface area contributed by atoms with Gasteiger partial charge < -0.3 is 19.5 Å². The van der Waals surface area contributed by atoms with Crippen molar-refractivity contribution in [2.75, 3.05) is 32.2 Å². The molecule has 8 nitrogen and oxygen atoms in total. The maximum Gasteiger partial charge on any atom is 0.268 e. The van der Waals surface area contributed by atoms with Crippen LogP contribution in [0.5, 0.6) is 17.2 Å². The van der Waals surface area contributed by atoms with Crippen LogP contribution in [-0.2, 0) is 14.8 Å². The number of anilines is 1. The van der Waals surface area contributed by atoms with Crippen molar-refractivity contribution in [2.45, 2.75) is 31.7 Å². The van der Waals surface area contributed by atoms with Gasteiger partial charge >= 0.3 is 0 Å². The Labute approximate surface area is 223 Å². The summed E-state index contributed by atoms with van der Waals surface area (Å²) in [4.78, 5) is 13.2. The van der Waals surface area contributed by atoms with Gasteiger partial charge in [0.1, 0.15) is 17.2 Å². The summed E-state index contributed by atoms with van der Waals surface area (Å²) in [6, 6.07) is 14.6. The standard InChI is InChI=1S/C27H31ClN2O6S/c1-17-7-11-24(35-5)26(13-17)37(32,33)30(21-10-8-18(2)22(28)15-21)16-27(31)29-19(3)20-9-12-23(34-4)25(14-20)36-6/h7-15,19H,16H2,1-6H3,(H,29,31). The molecule has 3 aromatic carbocycles. The number of aryl methyl sites for hydroxylation is 2. The Morgan fingerprint density at radius 1 is 0.919 bits per heavy atom. The molecule has 0 fully saturated rings. The zero-order valence-electron chi connectivity index (χ0n) is 21.7. The number of halogens is 1. The molecule has 10 heteroatoms. The second kappa shape index (κ2) is 11.7. The van der Waals surface area contributed by atoms with Crippen LogP contribution < -0.4 is 23.8 Å². The minimum absolute atomic E-state index is 0.0487. The fourth-order valence-corrected chi connectivity index (χ4v) is 5.61. The van der Waals surface area contributed by atoms with Crippen LogP contribution in [0.25, 0.3) is 0 Å². The predicted molar refractivity (Wildman–Crippen MR) is 145 cm³/mol. The van der Waals surface area contributed by atoms with E-state index in [0.717, 1.165) is 21.0 Å². The molecule has 0 heterocycles. The van der Waals surface area contributed by atoms with Crippen molar-refractivity contribution in [1.82, 2.24) is 5.32 Å². The van der Waals surface area contributed by atoms with Crippen LogP contribution in [0.15, 0.2) is 59.5 Å². The lowest BCUT2D eigenvalue weighted by Gasteiger charge is -2.26. The van der Waals surface area contributed by atoms with Crippen LogP contribution in [0.1, 0.15) is 29.7 Å². The molecule has 37 heavy (non-hydrogen) atoms. The van der Waals surface area contributed by atoms with Gasteiger partial charge in [0.15, 0.2) is 11.5 Å². The average Bonchev–Trinajstić information content (AvgIpc) is 2.88. The molecule has 0 saturated carbocycles. The molecular formula is C27H31ClN2O6S. The van der Waals surface area contributed by atoms with Crippen LogP contribution in [0.3, 0.4) is 0 Å². The van der Waals surface area contributed by atoms with E-state index in [1.807, 2.05) is 6.92 Å². The molecule has 1 atom stereocenters. The van der Waals surface area contributed by atoms with Gasteiger partial charge in [0.2, 0.25) is 5.91 Å². The predicted octanol–water partition coefficient (Wildman–Crippen LogP) is 5.06. The van der Waals surface area contributed by atoms with Crippen molar-refractivity contribution in [3.63, 3.8) is 0 Å². The van der Waals surface area contributed by atoms with Crippen LogP contribution in [-0.4, -0.2) is 42.2 Å². The Morgan fingerprint density at radius 3 is 2.19 bits per heavy atom. The summed E-state index contributed by atoms with van der Waals surface area (Å²) in [5, 5.41) is 3.25. The van der Waals surface area contributed by atoms with E-state index in [-0.39, 0.29) is 16.3 Å². The highest BCUT2D eigenvalue weighted by Crippen LogP contribution is 2.33. The lowest BCUT2D eigenvalue weighted by Crippen LogP contribution is -2.41. The molecule has 1 amide bonds. The summed E-state index contributed by atoms with van der Waals surface area (Å²) < 4.78 is 44.8. The van der Waals surface area contributed by atoms with Crippen molar-refractivity contribution >= 4 is 33.2 Å². The maximum atomic E-state index is 13.9. The molecule has 0 spiro atoms. The molecule has 0 bridgehead atoms. The fourth-order valence-electron chi connectivity index (χ4n) is 3.78. The SMILES string of the molecule is COc1ccc(C(C)NC(=O)CN(c2ccc(C)c(Cl)c2)S(=O)(=O)c2cc(C)ccc2OC)cc1OC. The number of benzene rings is 3. The lowest BCUT2D eigenvalue weighted by atomic mass is 10.1. The van der Waals surface area contributed by atoms with Gasteiger partial charge in [-0.1, -0.05) is 29.8 Å². The number of ether oxygens (including phenoxy) is 3. The Bertz CT molecular complexity index is 1390. The highest BCUT2D eigenvalue weighted by Gasteiger charge is 2.31. The number of methoxy groups -OCH3 is 3. The number of hydrogen-bond donors (Lipinski definition) is 1. The number of rotatable bonds is 10. The van der Waals surface area contributed by atoms with E-state index in [0.29, 0.717) is 16.5 Å². The first-order valence-corrected chi connectivity index (χ1v) is 13.3. The first-order chi connectivity index (χ1) is 17.5. The van der Waals surface area contributed by atoms with Crippen LogP contribution in [0, 0.1) is 13.8 Å². The molecule has 0 radical (unpaired) electrons. The largest absolute Gasteiger partial charge is 0.495 e. The Hall–Kier alpha value is -3.43. The fraction of sp³-hybridized carbons (Fsp3) is 0.296. The van der Waals surface area contributed by atoms with Gasteiger partial charge in [0.25, 0.3) is 10.0 Å². The second-order valence-electron chi connectivity index (χ2n) is 8.50. The molecule has 198 valence electrons. The summed E-state index contributed by atoms with van der Waals surface area (Å²) in [6.45, 7) is 4.91. The van der Waals surface area contributed by atoms with E-state index in [9.17, 15) is 13.2 Å². The first-order valence-electron chi connectivity index (χ1n) is 11.5. The van der Waals surface area contributed by atoms with Crippen LogP contribution >= 0.6 is 11.6 Å². The summed E-state index contributed by atoms with van der Waals surface area (Å²) in [7, 11) is 0.253. The van der Waals surface area contributed by atoms with E-state index in [4.69, 9.17) is 25.8 Å². The average molecular weight is 547 g/mol. The molecule has 0 aliphatic carbocycles. The minimum atomic E-state index is -4.21. The number of carbonyl (C=O) groups excluding carboxylic acids is 1. The number of carbonyl (C=O) groups is 1. The van der Waals surface area contributed by atoms with Crippen molar-refractivity contribution in [1.29, 1.82) is 0 Å². The lowest BCUT2D eigenvalue weighted by molar-refractivity contribution is -0.120. The van der Waals surface area contributed by atoms with Crippen LogP contribution in [0.2, 0.25) is 5.02 Å². The van der Waals surface area contributed by atoms with Gasteiger partial charge in [0.05, 0.1) is 33.1 Å². The van der Waals surface area contributed by atoms with Gasteiger partial charge in [0, 0.05) is 5.02 Å². The Kier molecular flexibility index (Phi) is 8.94. The molecule has 0 saturated heterocycles. The van der Waals surface area contributed by atoms with Gasteiger partial charge in [-0.15, -0.1) is 0 Å². The Morgan fingerprint density at radius 2 is 1.57 bits per heavy atom. The molecule has 3 rings (SSSR count). The Balaban J connectivity index is 1.97. The molecule has 1 unspecified atom stereocenters. The number of nitrogens with zero attached hydrogens (tertiary/aromatic N) is 1. The van der Waals surface area contributed by atoms with E-state index < -0.39 is 28.5 Å². The molecule has 0 aliphatic heterocycles. The van der Waals surface area contributed by atoms with E-state index in [2.05, 4.69) is 5.32 Å². The van der Waals surface area contributed by atoms with Crippen molar-refractivity contribution in [3.05, 3.63) is 76.3 Å². The zero-order chi connectivity index (χ0) is 27.3. The number of hydrogen-bond acceptors (Lipinski definition) is 6. The van der Waals surface area contributed by atoms with Crippen molar-refractivity contribution in [2.24, 2.45) is 0 Å². The van der Waals surface area contributed by atoms with Crippen molar-refractivity contribution in [3.8, 4) is 17.2 Å². The molecule has 3 aromatic rings. The quantitative estimate of drug-likeness (QED) is 0.382. The number of sulfonamides is 1. The third kappa shape index (κ3) is 6.29. The zero-order valence-corrected chi connectivity index (χ0v) is 23.2. The smallest absolute Gasteiger partial charge is 0.268 e. The van der Waals surface area contributed by atoms with Crippen LogP contribution in [0.4, 0.5) is 5.69 Å². The number of amides is 1. The highest BCUT2D eigenvalue weighted by atomic mass is 35.5. The summed E-state index contributed by atoms with van der Waals surface area (Å²) >= 11 is 6.32. The van der Waals surface area contributed by atoms with E-state index in [1.54, 1.807) is 56.3 Å². The molecule has 0 aliphatic rings. The van der Waals surface area contributed by atoms with Gasteiger partial charge in [-0.25, -0.2) is 8.42 Å². The topological polar surface area (TPSA) is 94.2 Å². The monoisotopic (exact) mass is 546 g/mol. The number of nitrogens with one attached hydrogen (secondary N) is 1. The van der Waals surface area contributed by atoms with Gasteiger partial charge in [-0.2, -0.15) is 0 Å². The second-order valence-corrected chi connectivity index (χ2v) is 10.7. The normalized spacial score (nSPS) is 12.0. The first kappa shape index (κ1) is 28.1. The van der Waals surface area contributed by atoms with Crippen molar-refractivity contribution < 1.29 is 27.4 Å². The van der Waals surface area contributed by atoms with E-state index >= 15 is 0 Å². The minimum Gasteiger partial charge on any atom is -0.495 e. The summed E-state index contributed by atoms with van der Waals surface area (Å²) in [6.07, 6.45) is 0. The molecule has 0 aromatic heterocycles. The summed E-state index contributed by atoms with van der Waals surface area (Å²) in [5.74, 6) is 0.749. The molecule has 1 N–H and O–H groups in total. The van der Waals surface area contributed by atoms with Gasteiger partial charge in [-0.05, 0) is 73.9 Å². The highest BCUT2D eigenvalue weighted by molar-refractivity contribution is 7.93. The van der Waals surface area contributed by atoms with E-state index in [1.165, 1.54) is 33.5 Å². The maximum absolute atomic E-state index is 13.9. The third-order valence-corrected chi connectivity index (χ3v) is 8.11. The summed E-state index contributed by atoms with van der Waals surface area (Å²) in [5.41, 5.74) is 2.53.